The molecule has 1 aromatic carbocycles. The highest BCUT2D eigenvalue weighted by Gasteiger charge is 2.14. The van der Waals surface area contributed by atoms with E-state index in [1.165, 1.54) is 31.7 Å². The second-order valence-corrected chi connectivity index (χ2v) is 4.95. The van der Waals surface area contributed by atoms with Crippen LogP contribution in [0.3, 0.4) is 0 Å². The minimum Gasteiger partial charge on any atom is -0.324 e. The van der Waals surface area contributed by atoms with Gasteiger partial charge in [-0.2, -0.15) is 0 Å². The summed E-state index contributed by atoms with van der Waals surface area (Å²) in [4.78, 5) is 4.90. The van der Waals surface area contributed by atoms with Crippen LogP contribution in [0, 0.1) is 0 Å². The molecule has 0 saturated carbocycles. The van der Waals surface area contributed by atoms with Crippen molar-refractivity contribution in [1.82, 2.24) is 9.80 Å². The molecule has 0 radical (unpaired) electrons. The number of hydrogen-bond donors (Lipinski definition) is 1. The van der Waals surface area contributed by atoms with Crippen LogP contribution in [-0.2, 0) is 0 Å². The Morgan fingerprint density at radius 3 is 2.41 bits per heavy atom. The molecule has 0 aliphatic carbocycles. The summed E-state index contributed by atoms with van der Waals surface area (Å²) >= 11 is 0. The van der Waals surface area contributed by atoms with Crippen LogP contribution in [-0.4, -0.2) is 49.6 Å². The van der Waals surface area contributed by atoms with Crippen molar-refractivity contribution in [3.63, 3.8) is 0 Å². The Morgan fingerprint density at radius 2 is 1.76 bits per heavy atom. The summed E-state index contributed by atoms with van der Waals surface area (Å²) < 4.78 is 0. The third-order valence-electron chi connectivity index (χ3n) is 3.58. The Kier molecular flexibility index (Phi) is 4.54. The predicted octanol–water partition coefficient (Wildman–Crippen LogP) is 1.32. The van der Waals surface area contributed by atoms with Gasteiger partial charge in [0.25, 0.3) is 0 Å². The lowest BCUT2D eigenvalue weighted by atomic mass is 10.0. The quantitative estimate of drug-likeness (QED) is 0.851. The predicted molar refractivity (Wildman–Crippen MR) is 71.9 cm³/mol. The largest absolute Gasteiger partial charge is 0.324 e. The fourth-order valence-electron chi connectivity index (χ4n) is 2.26. The molecule has 0 unspecified atom stereocenters. The van der Waals surface area contributed by atoms with E-state index in [9.17, 15) is 0 Å². The molecule has 0 spiro atoms. The van der Waals surface area contributed by atoms with Gasteiger partial charge in [0.2, 0.25) is 0 Å². The normalized spacial score (nSPS) is 20.4. The van der Waals surface area contributed by atoms with E-state index in [4.69, 9.17) is 5.73 Å². The molecule has 0 aromatic heterocycles. The molecule has 1 fully saturated rings. The second kappa shape index (κ2) is 6.15. The second-order valence-electron chi connectivity index (χ2n) is 4.95. The van der Waals surface area contributed by atoms with E-state index in [2.05, 4.69) is 41.1 Å². The number of likely N-dealkylation sites (N-methyl/N-ethyl adjacent to an activating group) is 1. The molecule has 94 valence electrons. The summed E-state index contributed by atoms with van der Waals surface area (Å²) in [6, 6.07) is 10.6. The lowest BCUT2D eigenvalue weighted by Gasteiger charge is -2.32. The maximum absolute atomic E-state index is 6.20. The zero-order valence-electron chi connectivity index (χ0n) is 10.7. The van der Waals surface area contributed by atoms with Gasteiger partial charge in [-0.25, -0.2) is 0 Å². The highest BCUT2D eigenvalue weighted by molar-refractivity contribution is 5.18. The molecule has 2 rings (SSSR count). The first-order chi connectivity index (χ1) is 8.25. The average Bonchev–Trinajstić information content (AvgIpc) is 2.39. The van der Waals surface area contributed by atoms with Crippen molar-refractivity contribution in [3.8, 4) is 0 Å². The zero-order chi connectivity index (χ0) is 12.1. The molecule has 0 amide bonds. The molecular formula is C14H23N3. The van der Waals surface area contributed by atoms with E-state index in [-0.39, 0.29) is 6.04 Å². The van der Waals surface area contributed by atoms with Gasteiger partial charge in [-0.05, 0) is 19.0 Å². The lowest BCUT2D eigenvalue weighted by Crippen LogP contribution is -2.45. The Morgan fingerprint density at radius 1 is 1.12 bits per heavy atom. The van der Waals surface area contributed by atoms with Gasteiger partial charge in [0, 0.05) is 38.8 Å². The monoisotopic (exact) mass is 233 g/mol. The smallest absolute Gasteiger partial charge is 0.0307 e. The average molecular weight is 233 g/mol. The minimum absolute atomic E-state index is 0.177. The Labute approximate surface area is 104 Å². The zero-order valence-corrected chi connectivity index (χ0v) is 10.7. The molecule has 1 saturated heterocycles. The third-order valence-corrected chi connectivity index (χ3v) is 3.58. The number of nitrogens with two attached hydrogens (primary N) is 1. The van der Waals surface area contributed by atoms with E-state index in [1.54, 1.807) is 0 Å². The van der Waals surface area contributed by atoms with Crippen LogP contribution in [0.1, 0.15) is 18.0 Å². The van der Waals surface area contributed by atoms with Gasteiger partial charge < -0.3 is 15.5 Å². The highest BCUT2D eigenvalue weighted by atomic mass is 15.2. The van der Waals surface area contributed by atoms with Crippen molar-refractivity contribution < 1.29 is 0 Å². The van der Waals surface area contributed by atoms with E-state index in [0.717, 1.165) is 13.0 Å². The molecule has 2 N–H and O–H groups in total. The molecule has 3 nitrogen and oxygen atoms in total. The van der Waals surface area contributed by atoms with E-state index in [1.807, 2.05) is 6.07 Å². The van der Waals surface area contributed by atoms with Crippen LogP contribution in [0.5, 0.6) is 0 Å². The Balaban J connectivity index is 1.75. The van der Waals surface area contributed by atoms with Crippen LogP contribution in [0.4, 0.5) is 0 Å². The van der Waals surface area contributed by atoms with Crippen molar-refractivity contribution in [1.29, 1.82) is 0 Å². The minimum atomic E-state index is 0.177. The lowest BCUT2D eigenvalue weighted by molar-refractivity contribution is 0.150. The van der Waals surface area contributed by atoms with Crippen molar-refractivity contribution in [3.05, 3.63) is 35.9 Å². The molecule has 1 heterocycles. The van der Waals surface area contributed by atoms with Crippen molar-refractivity contribution >= 4 is 0 Å². The first-order valence-corrected chi connectivity index (χ1v) is 6.47. The van der Waals surface area contributed by atoms with Crippen LogP contribution >= 0.6 is 0 Å². The maximum Gasteiger partial charge on any atom is 0.0307 e. The van der Waals surface area contributed by atoms with Crippen LogP contribution in [0.15, 0.2) is 30.3 Å². The highest BCUT2D eigenvalue weighted by Crippen LogP contribution is 2.14. The molecule has 17 heavy (non-hydrogen) atoms. The van der Waals surface area contributed by atoms with Gasteiger partial charge in [-0.15, -0.1) is 0 Å². The van der Waals surface area contributed by atoms with Gasteiger partial charge in [-0.3, -0.25) is 0 Å². The summed E-state index contributed by atoms with van der Waals surface area (Å²) in [6.07, 6.45) is 1.05. The van der Waals surface area contributed by atoms with Gasteiger partial charge in [0.15, 0.2) is 0 Å². The van der Waals surface area contributed by atoms with E-state index >= 15 is 0 Å². The molecule has 1 aliphatic heterocycles. The Hall–Kier alpha value is -0.900. The van der Waals surface area contributed by atoms with Gasteiger partial charge in [-0.1, -0.05) is 30.3 Å². The van der Waals surface area contributed by atoms with E-state index in [0.29, 0.717) is 0 Å². The molecule has 3 heteroatoms. The topological polar surface area (TPSA) is 32.5 Å². The maximum atomic E-state index is 6.20. The van der Waals surface area contributed by atoms with Crippen LogP contribution in [0.25, 0.3) is 0 Å². The summed E-state index contributed by atoms with van der Waals surface area (Å²) in [5.41, 5.74) is 7.45. The van der Waals surface area contributed by atoms with E-state index < -0.39 is 0 Å². The van der Waals surface area contributed by atoms with Gasteiger partial charge in [0.05, 0.1) is 0 Å². The first kappa shape index (κ1) is 12.6. The van der Waals surface area contributed by atoms with Crippen LogP contribution in [0.2, 0.25) is 0 Å². The summed E-state index contributed by atoms with van der Waals surface area (Å²) in [5, 5.41) is 0. The fourth-order valence-corrected chi connectivity index (χ4v) is 2.26. The number of rotatable bonds is 4. The molecule has 1 atom stereocenters. The molecule has 0 bridgehead atoms. The number of hydrogen-bond acceptors (Lipinski definition) is 3. The summed E-state index contributed by atoms with van der Waals surface area (Å²) in [7, 11) is 2.19. The fraction of sp³-hybridized carbons (Fsp3) is 0.571. The molecule has 1 aliphatic rings. The van der Waals surface area contributed by atoms with Crippen molar-refractivity contribution in [2.24, 2.45) is 5.73 Å². The van der Waals surface area contributed by atoms with Crippen LogP contribution < -0.4 is 5.73 Å². The molecular weight excluding hydrogens is 210 g/mol. The Bertz CT molecular complexity index is 317. The number of nitrogens with zero attached hydrogens (tertiary/aromatic N) is 2. The standard InChI is InChI=1S/C14H23N3/c1-16-9-11-17(12-10-16)8-7-14(15)13-5-3-2-4-6-13/h2-6,14H,7-12,15H2,1H3/t14-/m1/s1. The van der Waals surface area contributed by atoms with Gasteiger partial charge >= 0.3 is 0 Å². The molecule has 1 aromatic rings. The number of piperazine rings is 1. The van der Waals surface area contributed by atoms with Gasteiger partial charge in [0.1, 0.15) is 0 Å². The summed E-state index contributed by atoms with van der Waals surface area (Å²) in [5.74, 6) is 0. The van der Waals surface area contributed by atoms with Crippen molar-refractivity contribution in [2.75, 3.05) is 39.8 Å². The summed E-state index contributed by atoms with van der Waals surface area (Å²) in [6.45, 7) is 5.83. The first-order valence-electron chi connectivity index (χ1n) is 6.47. The third kappa shape index (κ3) is 3.80. The van der Waals surface area contributed by atoms with Crippen molar-refractivity contribution in [2.45, 2.75) is 12.5 Å². The SMILES string of the molecule is CN1CCN(CC[C@@H](N)c2ccccc2)CC1. The number of benzene rings is 1.